The Morgan fingerprint density at radius 2 is 2.00 bits per heavy atom. The number of phenols is 1. The van der Waals surface area contributed by atoms with Crippen LogP contribution in [0.3, 0.4) is 0 Å². The van der Waals surface area contributed by atoms with E-state index in [-0.39, 0.29) is 0 Å². The Labute approximate surface area is 103 Å². The predicted octanol–water partition coefficient (Wildman–Crippen LogP) is 3.34. The summed E-state index contributed by atoms with van der Waals surface area (Å²) in [6.45, 7) is 2.41. The van der Waals surface area contributed by atoms with Gasteiger partial charge in [0.25, 0.3) is 0 Å². The lowest BCUT2D eigenvalue weighted by atomic mass is 9.99. The maximum absolute atomic E-state index is 9.54. The third-order valence-electron chi connectivity index (χ3n) is 4.23. The molecule has 0 atom stereocenters. The molecule has 0 aromatic heterocycles. The molecule has 0 radical (unpaired) electrons. The van der Waals surface area contributed by atoms with Crippen LogP contribution in [0.2, 0.25) is 0 Å². The van der Waals surface area contributed by atoms with Gasteiger partial charge in [-0.2, -0.15) is 0 Å². The molecule has 1 heterocycles. The van der Waals surface area contributed by atoms with Gasteiger partial charge in [0.05, 0.1) is 0 Å². The van der Waals surface area contributed by atoms with Crippen molar-refractivity contribution in [2.75, 3.05) is 18.0 Å². The van der Waals surface area contributed by atoms with Crippen molar-refractivity contribution < 1.29 is 5.11 Å². The molecule has 0 bridgehead atoms. The maximum atomic E-state index is 9.54. The highest BCUT2D eigenvalue weighted by Gasteiger charge is 2.22. The molecule has 3 rings (SSSR count). The molecule has 0 unspecified atom stereocenters. The number of fused-ring (bicyclic) bond motifs is 1. The molecule has 1 saturated carbocycles. The van der Waals surface area contributed by atoms with E-state index in [0.717, 1.165) is 12.3 Å². The third-order valence-corrected chi connectivity index (χ3v) is 4.23. The van der Waals surface area contributed by atoms with Gasteiger partial charge in [0.15, 0.2) is 0 Å². The van der Waals surface area contributed by atoms with Gasteiger partial charge in [-0.1, -0.05) is 12.8 Å². The summed E-state index contributed by atoms with van der Waals surface area (Å²) in [5.41, 5.74) is 2.69. The summed E-state index contributed by atoms with van der Waals surface area (Å²) >= 11 is 0. The average molecular weight is 231 g/mol. The van der Waals surface area contributed by atoms with Crippen molar-refractivity contribution >= 4 is 5.69 Å². The van der Waals surface area contributed by atoms with Crippen LogP contribution in [0, 0.1) is 5.92 Å². The first kappa shape index (κ1) is 10.9. The second-order valence-electron chi connectivity index (χ2n) is 5.51. The van der Waals surface area contributed by atoms with E-state index in [1.165, 1.54) is 56.4 Å². The Morgan fingerprint density at radius 3 is 2.82 bits per heavy atom. The van der Waals surface area contributed by atoms with Gasteiger partial charge in [-0.05, 0) is 55.4 Å². The first-order chi connectivity index (χ1) is 8.33. The number of nitrogens with zero attached hydrogens (tertiary/aromatic N) is 1. The van der Waals surface area contributed by atoms with Gasteiger partial charge < -0.3 is 10.0 Å². The summed E-state index contributed by atoms with van der Waals surface area (Å²) < 4.78 is 0. The number of hydrogen-bond donors (Lipinski definition) is 1. The Hall–Kier alpha value is -1.18. The highest BCUT2D eigenvalue weighted by molar-refractivity contribution is 5.57. The number of rotatable bonds is 2. The zero-order chi connectivity index (χ0) is 11.7. The lowest BCUT2D eigenvalue weighted by molar-refractivity contribution is 0.473. The maximum Gasteiger partial charge on any atom is 0.116 e. The van der Waals surface area contributed by atoms with Gasteiger partial charge in [-0.25, -0.2) is 0 Å². The standard InChI is InChI=1S/C15H21NO/c17-14-7-8-15-13(10-14)6-3-9-16(15)11-12-4-1-2-5-12/h7-8,10,12,17H,1-6,9,11H2. The second kappa shape index (κ2) is 4.59. The van der Waals surface area contributed by atoms with Crippen LogP contribution >= 0.6 is 0 Å². The van der Waals surface area contributed by atoms with Crippen molar-refractivity contribution in [2.24, 2.45) is 5.92 Å². The number of anilines is 1. The van der Waals surface area contributed by atoms with E-state index in [2.05, 4.69) is 11.0 Å². The van der Waals surface area contributed by atoms with E-state index >= 15 is 0 Å². The van der Waals surface area contributed by atoms with Crippen LogP contribution in [0.15, 0.2) is 18.2 Å². The Morgan fingerprint density at radius 1 is 1.18 bits per heavy atom. The van der Waals surface area contributed by atoms with Crippen LogP contribution in [0.5, 0.6) is 5.75 Å². The first-order valence-corrected chi connectivity index (χ1v) is 6.90. The SMILES string of the molecule is Oc1ccc2c(c1)CCCN2CC1CCCC1. The third kappa shape index (κ3) is 2.26. The zero-order valence-corrected chi connectivity index (χ0v) is 10.4. The molecule has 0 amide bonds. The minimum absolute atomic E-state index is 0.409. The fourth-order valence-electron chi connectivity index (χ4n) is 3.36. The molecule has 1 aliphatic carbocycles. The smallest absolute Gasteiger partial charge is 0.116 e. The molecular formula is C15H21NO. The molecule has 17 heavy (non-hydrogen) atoms. The Bertz CT molecular complexity index is 396. The minimum Gasteiger partial charge on any atom is -0.508 e. The zero-order valence-electron chi connectivity index (χ0n) is 10.4. The largest absolute Gasteiger partial charge is 0.508 e. The van der Waals surface area contributed by atoms with Crippen LogP contribution < -0.4 is 4.90 Å². The molecule has 92 valence electrons. The van der Waals surface area contributed by atoms with Gasteiger partial charge >= 0.3 is 0 Å². The normalized spacial score (nSPS) is 20.6. The van der Waals surface area contributed by atoms with E-state index in [0.29, 0.717) is 5.75 Å². The van der Waals surface area contributed by atoms with Crippen molar-refractivity contribution in [2.45, 2.75) is 38.5 Å². The van der Waals surface area contributed by atoms with E-state index in [4.69, 9.17) is 0 Å². The summed E-state index contributed by atoms with van der Waals surface area (Å²) in [5.74, 6) is 1.31. The highest BCUT2D eigenvalue weighted by Crippen LogP contribution is 2.33. The molecule has 2 nitrogen and oxygen atoms in total. The quantitative estimate of drug-likeness (QED) is 0.844. The van der Waals surface area contributed by atoms with Crippen molar-refractivity contribution in [1.82, 2.24) is 0 Å². The van der Waals surface area contributed by atoms with Crippen molar-refractivity contribution in [3.8, 4) is 5.75 Å². The van der Waals surface area contributed by atoms with Crippen molar-refractivity contribution in [3.05, 3.63) is 23.8 Å². The number of hydrogen-bond acceptors (Lipinski definition) is 2. The van der Waals surface area contributed by atoms with Crippen molar-refractivity contribution in [3.63, 3.8) is 0 Å². The van der Waals surface area contributed by atoms with Crippen molar-refractivity contribution in [1.29, 1.82) is 0 Å². The van der Waals surface area contributed by atoms with Crippen LogP contribution in [0.4, 0.5) is 5.69 Å². The molecule has 2 aliphatic rings. The van der Waals surface area contributed by atoms with Crippen LogP contribution in [0.1, 0.15) is 37.7 Å². The summed E-state index contributed by atoms with van der Waals surface area (Å²) in [6.07, 6.45) is 7.99. The van der Waals surface area contributed by atoms with Gasteiger partial charge in [-0.15, -0.1) is 0 Å². The number of aryl methyl sites for hydroxylation is 1. The average Bonchev–Trinajstić information content (AvgIpc) is 2.82. The van der Waals surface area contributed by atoms with E-state index in [9.17, 15) is 5.11 Å². The van der Waals surface area contributed by atoms with Crippen LogP contribution in [0.25, 0.3) is 0 Å². The Kier molecular flexibility index (Phi) is 2.96. The number of aromatic hydroxyl groups is 1. The lowest BCUT2D eigenvalue weighted by Gasteiger charge is -2.33. The van der Waals surface area contributed by atoms with E-state index in [1.807, 2.05) is 12.1 Å². The fourth-order valence-corrected chi connectivity index (χ4v) is 3.36. The topological polar surface area (TPSA) is 23.5 Å². The monoisotopic (exact) mass is 231 g/mol. The first-order valence-electron chi connectivity index (χ1n) is 6.90. The van der Waals surface area contributed by atoms with E-state index < -0.39 is 0 Å². The second-order valence-corrected chi connectivity index (χ2v) is 5.51. The highest BCUT2D eigenvalue weighted by atomic mass is 16.3. The summed E-state index contributed by atoms with van der Waals surface area (Å²) in [5, 5.41) is 9.54. The van der Waals surface area contributed by atoms with E-state index in [1.54, 1.807) is 0 Å². The molecule has 2 heteroatoms. The summed E-state index contributed by atoms with van der Waals surface area (Å²) in [6, 6.07) is 5.86. The fraction of sp³-hybridized carbons (Fsp3) is 0.600. The van der Waals surface area contributed by atoms with Crippen LogP contribution in [-0.2, 0) is 6.42 Å². The summed E-state index contributed by atoms with van der Waals surface area (Å²) in [7, 11) is 0. The molecule has 1 aliphatic heterocycles. The number of phenolic OH excluding ortho intramolecular Hbond substituents is 1. The van der Waals surface area contributed by atoms with Crippen LogP contribution in [-0.4, -0.2) is 18.2 Å². The molecule has 1 fully saturated rings. The van der Waals surface area contributed by atoms with Gasteiger partial charge in [0.2, 0.25) is 0 Å². The predicted molar refractivity (Wildman–Crippen MR) is 70.6 cm³/mol. The molecule has 0 saturated heterocycles. The molecular weight excluding hydrogens is 210 g/mol. The minimum atomic E-state index is 0.409. The molecule has 1 aromatic rings. The summed E-state index contributed by atoms with van der Waals surface area (Å²) in [4.78, 5) is 2.54. The van der Waals surface area contributed by atoms with Gasteiger partial charge in [0.1, 0.15) is 5.75 Å². The number of benzene rings is 1. The molecule has 1 aromatic carbocycles. The lowest BCUT2D eigenvalue weighted by Crippen LogP contribution is -2.33. The molecule has 1 N–H and O–H groups in total. The van der Waals surface area contributed by atoms with Gasteiger partial charge in [-0.3, -0.25) is 0 Å². The van der Waals surface area contributed by atoms with Gasteiger partial charge in [0, 0.05) is 18.8 Å². The molecule has 0 spiro atoms. The Balaban J connectivity index is 1.78.